The maximum atomic E-state index is 2.49. The van der Waals surface area contributed by atoms with Gasteiger partial charge in [0.05, 0.1) is 33.4 Å². The van der Waals surface area contributed by atoms with Gasteiger partial charge in [0.25, 0.3) is 0 Å². The summed E-state index contributed by atoms with van der Waals surface area (Å²) in [7, 11) is 0. The molecular formula is C69H46N2. The molecule has 2 aliphatic carbocycles. The van der Waals surface area contributed by atoms with E-state index in [0.29, 0.717) is 0 Å². The lowest BCUT2D eigenvalue weighted by Crippen LogP contribution is -2.26. The second-order valence-electron chi connectivity index (χ2n) is 19.7. The van der Waals surface area contributed by atoms with E-state index >= 15 is 0 Å². The normalized spacial score (nSPS) is 13.8. The monoisotopic (exact) mass is 902 g/mol. The zero-order chi connectivity index (χ0) is 46.6. The van der Waals surface area contributed by atoms with Crippen molar-refractivity contribution in [3.63, 3.8) is 0 Å². The fraction of sp³-hybridized carbons (Fsp3) is 0.0435. The van der Waals surface area contributed by atoms with Crippen LogP contribution in [0.5, 0.6) is 0 Å². The molecule has 0 fully saturated rings. The van der Waals surface area contributed by atoms with Gasteiger partial charge in [-0.3, -0.25) is 0 Å². The van der Waals surface area contributed by atoms with Crippen LogP contribution in [-0.2, 0) is 18.3 Å². The standard InChI is InChI=1S/C69H46N2/c1-2-16-52-44-69(43-51(52)15-1)61-41-47(29-27-45-33-37-67-59(39-45)57-21-7-9-23-65(57)70(67)63-25-11-17-49-13-3-5-19-53(49)63)31-35-55(61)56-36-32-48(42-62(56)69)30-28-46-34-38-68-60(40-46)58-22-8-10-24-66(58)71(68)64-26-12-18-50-14-4-6-20-54(50)64/h1-42H,43-44H2. The van der Waals surface area contributed by atoms with Gasteiger partial charge in [0.1, 0.15) is 0 Å². The first-order chi connectivity index (χ1) is 35.1. The van der Waals surface area contributed by atoms with Gasteiger partial charge in [0, 0.05) is 37.7 Å². The lowest BCUT2D eigenvalue weighted by molar-refractivity contribution is 0.563. The molecule has 0 saturated carbocycles. The predicted molar refractivity (Wildman–Crippen MR) is 301 cm³/mol. The van der Waals surface area contributed by atoms with Gasteiger partial charge in [-0.1, -0.05) is 206 Å². The van der Waals surface area contributed by atoms with Crippen molar-refractivity contribution in [3.8, 4) is 22.5 Å². The molecule has 0 aliphatic heterocycles. The number of benzene rings is 11. The first kappa shape index (κ1) is 40.0. The van der Waals surface area contributed by atoms with Gasteiger partial charge in [-0.2, -0.15) is 0 Å². The number of aromatic nitrogens is 2. The van der Waals surface area contributed by atoms with Crippen molar-refractivity contribution in [1.82, 2.24) is 9.13 Å². The van der Waals surface area contributed by atoms with E-state index in [1.807, 2.05) is 0 Å². The zero-order valence-corrected chi connectivity index (χ0v) is 39.1. The molecule has 13 aromatic rings. The second-order valence-corrected chi connectivity index (χ2v) is 19.7. The molecule has 0 N–H and O–H groups in total. The van der Waals surface area contributed by atoms with Crippen molar-refractivity contribution < 1.29 is 0 Å². The summed E-state index contributed by atoms with van der Waals surface area (Å²) < 4.78 is 4.87. The van der Waals surface area contributed by atoms with Crippen LogP contribution in [0.4, 0.5) is 0 Å². The number of hydrogen-bond donors (Lipinski definition) is 0. The van der Waals surface area contributed by atoms with Crippen molar-refractivity contribution in [2.24, 2.45) is 0 Å². The number of fused-ring (bicyclic) bond motifs is 14. The largest absolute Gasteiger partial charge is 0.309 e. The van der Waals surface area contributed by atoms with Gasteiger partial charge in [-0.05, 0) is 128 Å². The molecule has 2 heterocycles. The van der Waals surface area contributed by atoms with Crippen LogP contribution in [0, 0.1) is 0 Å². The van der Waals surface area contributed by atoms with Crippen LogP contribution in [0.1, 0.15) is 44.5 Å². The van der Waals surface area contributed by atoms with Crippen LogP contribution >= 0.6 is 0 Å². The Hall–Kier alpha value is -8.98. The van der Waals surface area contributed by atoms with Crippen molar-refractivity contribution in [1.29, 1.82) is 0 Å². The number of para-hydroxylation sites is 2. The molecule has 11 aromatic carbocycles. The van der Waals surface area contributed by atoms with Crippen LogP contribution in [0.2, 0.25) is 0 Å². The Morgan fingerprint density at radius 2 is 0.662 bits per heavy atom. The Bertz CT molecular complexity index is 4120. The summed E-state index contributed by atoms with van der Waals surface area (Å²) >= 11 is 0. The summed E-state index contributed by atoms with van der Waals surface area (Å²) in [5, 5.41) is 10.1. The van der Waals surface area contributed by atoms with Crippen LogP contribution < -0.4 is 0 Å². The molecule has 0 radical (unpaired) electrons. The predicted octanol–water partition coefficient (Wildman–Crippen LogP) is 17.6. The molecule has 0 amide bonds. The molecule has 0 saturated heterocycles. The van der Waals surface area contributed by atoms with Gasteiger partial charge in [0.2, 0.25) is 0 Å². The number of hydrogen-bond acceptors (Lipinski definition) is 0. The highest BCUT2D eigenvalue weighted by Crippen LogP contribution is 2.56. The molecule has 2 heteroatoms. The fourth-order valence-corrected chi connectivity index (χ4v) is 12.6. The molecule has 2 nitrogen and oxygen atoms in total. The van der Waals surface area contributed by atoms with E-state index in [-0.39, 0.29) is 5.41 Å². The van der Waals surface area contributed by atoms with Crippen LogP contribution in [-0.4, -0.2) is 9.13 Å². The van der Waals surface area contributed by atoms with Gasteiger partial charge in [-0.15, -0.1) is 0 Å². The SMILES string of the molecule is C(=Cc1ccc2c(c1)c1ccccc1n2-c1cccc2ccccc12)c1ccc2c(c1)C1(Cc3ccccc3C1)c1cc(C=Cc3ccc4c(c3)c3ccccc3n4-c3cccc4ccccc34)ccc1-2. The van der Waals surface area contributed by atoms with Crippen LogP contribution in [0.25, 0.3) is 112 Å². The lowest BCUT2D eigenvalue weighted by atomic mass is 9.75. The summed E-state index contributed by atoms with van der Waals surface area (Å²) in [6, 6.07) is 85.6. The molecule has 0 unspecified atom stereocenters. The summed E-state index contributed by atoms with van der Waals surface area (Å²) in [5.74, 6) is 0. The molecule has 1 spiro atoms. The minimum atomic E-state index is -0.132. The van der Waals surface area contributed by atoms with Gasteiger partial charge in [0.15, 0.2) is 0 Å². The lowest BCUT2D eigenvalue weighted by Gasteiger charge is -2.27. The summed E-state index contributed by atoms with van der Waals surface area (Å²) in [5.41, 5.74) is 20.5. The molecule has 0 atom stereocenters. The quantitative estimate of drug-likeness (QED) is 0.147. The Labute approximate surface area is 412 Å². The van der Waals surface area contributed by atoms with E-state index in [0.717, 1.165) is 12.8 Å². The Kier molecular flexibility index (Phi) is 8.73. The maximum Gasteiger partial charge on any atom is 0.0541 e. The van der Waals surface area contributed by atoms with Crippen molar-refractivity contribution in [2.45, 2.75) is 18.3 Å². The molecule has 0 bridgehead atoms. The smallest absolute Gasteiger partial charge is 0.0541 e. The highest BCUT2D eigenvalue weighted by molar-refractivity contribution is 6.12. The summed E-state index contributed by atoms with van der Waals surface area (Å²) in [4.78, 5) is 0. The van der Waals surface area contributed by atoms with Gasteiger partial charge in [-0.25, -0.2) is 0 Å². The molecule has 71 heavy (non-hydrogen) atoms. The van der Waals surface area contributed by atoms with E-state index in [1.165, 1.54) is 132 Å². The summed E-state index contributed by atoms with van der Waals surface area (Å²) in [6.45, 7) is 0. The average Bonchev–Trinajstić information content (AvgIpc) is 4.16. The Morgan fingerprint density at radius 3 is 1.14 bits per heavy atom. The highest BCUT2D eigenvalue weighted by Gasteiger charge is 2.47. The van der Waals surface area contributed by atoms with E-state index in [2.05, 4.69) is 264 Å². The zero-order valence-electron chi connectivity index (χ0n) is 39.1. The number of nitrogens with zero attached hydrogens (tertiary/aromatic N) is 2. The average molecular weight is 903 g/mol. The minimum absolute atomic E-state index is 0.132. The highest BCUT2D eigenvalue weighted by atomic mass is 15.0. The summed E-state index contributed by atoms with van der Waals surface area (Å²) in [6.07, 6.45) is 11.2. The molecule has 15 rings (SSSR count). The first-order valence-electron chi connectivity index (χ1n) is 24.9. The second kappa shape index (κ2) is 15.5. The van der Waals surface area contributed by atoms with E-state index in [4.69, 9.17) is 0 Å². The minimum Gasteiger partial charge on any atom is -0.309 e. The number of rotatable bonds is 6. The first-order valence-corrected chi connectivity index (χ1v) is 24.9. The molecule has 332 valence electrons. The van der Waals surface area contributed by atoms with Crippen LogP contribution in [0.15, 0.2) is 231 Å². The van der Waals surface area contributed by atoms with Crippen molar-refractivity contribution in [2.75, 3.05) is 0 Å². The molecule has 2 aliphatic rings. The van der Waals surface area contributed by atoms with Gasteiger partial charge >= 0.3 is 0 Å². The molecule has 2 aromatic heterocycles. The maximum absolute atomic E-state index is 2.49. The van der Waals surface area contributed by atoms with Crippen molar-refractivity contribution in [3.05, 3.63) is 275 Å². The fourth-order valence-electron chi connectivity index (χ4n) is 12.6. The Morgan fingerprint density at radius 1 is 0.296 bits per heavy atom. The molecular weight excluding hydrogens is 857 g/mol. The van der Waals surface area contributed by atoms with E-state index in [1.54, 1.807) is 0 Å². The topological polar surface area (TPSA) is 9.86 Å². The van der Waals surface area contributed by atoms with Crippen LogP contribution in [0.3, 0.4) is 0 Å². The Balaban J connectivity index is 0.781. The third-order valence-electron chi connectivity index (χ3n) is 15.9. The van der Waals surface area contributed by atoms with Gasteiger partial charge < -0.3 is 9.13 Å². The third-order valence-corrected chi connectivity index (χ3v) is 15.9. The van der Waals surface area contributed by atoms with E-state index < -0.39 is 0 Å². The third kappa shape index (κ3) is 6.14. The van der Waals surface area contributed by atoms with E-state index in [9.17, 15) is 0 Å². The van der Waals surface area contributed by atoms with Crippen molar-refractivity contribution >= 4 is 89.5 Å².